The van der Waals surface area contributed by atoms with Crippen molar-refractivity contribution in [2.75, 3.05) is 17.4 Å². The molecule has 2 aliphatic rings. The van der Waals surface area contributed by atoms with Crippen molar-refractivity contribution in [3.63, 3.8) is 0 Å². The van der Waals surface area contributed by atoms with Gasteiger partial charge in [-0.3, -0.25) is 9.10 Å². The van der Waals surface area contributed by atoms with Gasteiger partial charge in [0.15, 0.2) is 0 Å². The van der Waals surface area contributed by atoms with Crippen molar-refractivity contribution >= 4 is 21.6 Å². The minimum atomic E-state index is -6.14. The molecule has 2 atom stereocenters. The molecule has 2 aliphatic heterocycles. The highest BCUT2D eigenvalue weighted by Gasteiger charge is 2.71. The van der Waals surface area contributed by atoms with Crippen LogP contribution in [0.1, 0.15) is 30.4 Å². The summed E-state index contributed by atoms with van der Waals surface area (Å²) >= 11 is 0. The maximum Gasteiger partial charge on any atom is 0.430 e. The predicted molar refractivity (Wildman–Crippen MR) is 122 cm³/mol. The highest BCUT2D eigenvalue weighted by Crippen LogP contribution is 2.51. The first-order valence-electron chi connectivity index (χ1n) is 11.7. The molecule has 39 heavy (non-hydrogen) atoms. The van der Waals surface area contributed by atoms with Gasteiger partial charge in [-0.05, 0) is 55.2 Å². The number of hydrogen-bond donors (Lipinski definition) is 2. The Labute approximate surface area is 218 Å². The van der Waals surface area contributed by atoms with Gasteiger partial charge in [0.05, 0.1) is 22.7 Å². The Morgan fingerprint density at radius 2 is 1.59 bits per heavy atom. The lowest BCUT2D eigenvalue weighted by molar-refractivity contribution is -0.376. The second-order valence-electron chi connectivity index (χ2n) is 9.48. The fourth-order valence-electron chi connectivity index (χ4n) is 4.88. The van der Waals surface area contributed by atoms with Crippen LogP contribution >= 0.6 is 0 Å². The van der Waals surface area contributed by atoms with Gasteiger partial charge in [0.25, 0.3) is 15.6 Å². The number of β-amino-alcohol motifs (C(OH)–C–C–N with tert-alkyl or cyclic N) is 1. The van der Waals surface area contributed by atoms with Crippen molar-refractivity contribution in [3.05, 3.63) is 59.4 Å². The number of carbonyl (C=O) groups excluding carboxylic acids is 1. The van der Waals surface area contributed by atoms with E-state index in [0.29, 0.717) is 18.6 Å². The number of sulfonamides is 1. The van der Waals surface area contributed by atoms with Gasteiger partial charge in [-0.15, -0.1) is 0 Å². The molecule has 2 aromatic carbocycles. The third kappa shape index (κ3) is 5.18. The summed E-state index contributed by atoms with van der Waals surface area (Å²) in [5.74, 6) is -1.25. The third-order valence-corrected chi connectivity index (χ3v) is 8.81. The lowest BCUT2D eigenvalue weighted by Crippen LogP contribution is -2.54. The zero-order valence-corrected chi connectivity index (χ0v) is 20.8. The number of carbonyl (C=O) groups is 1. The molecule has 2 aromatic rings. The zero-order valence-electron chi connectivity index (χ0n) is 20.0. The van der Waals surface area contributed by atoms with Crippen LogP contribution in [0.25, 0.3) is 0 Å². The van der Waals surface area contributed by atoms with E-state index in [2.05, 4.69) is 0 Å². The largest absolute Gasteiger partial charge is 0.430 e. The lowest BCUT2D eigenvalue weighted by atomic mass is 9.87. The number of halogens is 7. The summed E-state index contributed by atoms with van der Waals surface area (Å²) < 4.78 is 122. The van der Waals surface area contributed by atoms with Crippen LogP contribution in [0.2, 0.25) is 0 Å². The van der Waals surface area contributed by atoms with E-state index in [1.54, 1.807) is 0 Å². The summed E-state index contributed by atoms with van der Waals surface area (Å²) in [6.07, 6.45) is -13.4. The molecule has 214 valence electrons. The Hall–Kier alpha value is -2.91. The number of alkyl halides is 6. The first kappa shape index (κ1) is 29.1. The number of rotatable bonds is 5. The fraction of sp³-hybridized carbons (Fsp3) is 0.458. The fourth-order valence-corrected chi connectivity index (χ4v) is 6.60. The maximum absolute atomic E-state index is 13.7. The molecule has 7 nitrogen and oxygen atoms in total. The standard InChI is InChI=1S/C24H23F7N2O5S/c25-16-3-6-19(7-4-16)39(37,38)33-17(12-21(35)32-10-9-18(34)13-32)5-1-14-11-15(2-8-20(14)33)22(36,23(26,27)28)24(29,30)31/h2-4,6-8,11,17-18,34,36H,1,5,9-10,12-13H2. The van der Waals surface area contributed by atoms with Crippen LogP contribution < -0.4 is 4.31 Å². The minimum Gasteiger partial charge on any atom is -0.391 e. The molecule has 0 spiro atoms. The van der Waals surface area contributed by atoms with E-state index in [1.165, 1.54) is 4.90 Å². The first-order chi connectivity index (χ1) is 18.0. The van der Waals surface area contributed by atoms with Crippen LogP contribution in [0.15, 0.2) is 47.4 Å². The van der Waals surface area contributed by atoms with Crippen LogP contribution in [0.3, 0.4) is 0 Å². The molecular formula is C24H23F7N2O5S. The molecule has 0 radical (unpaired) electrons. The van der Waals surface area contributed by atoms with Crippen molar-refractivity contribution in [1.29, 1.82) is 0 Å². The van der Waals surface area contributed by atoms with Crippen LogP contribution in [-0.2, 0) is 26.8 Å². The van der Waals surface area contributed by atoms with Gasteiger partial charge in [-0.2, -0.15) is 26.3 Å². The Balaban J connectivity index is 1.80. The number of hydrogen-bond acceptors (Lipinski definition) is 5. The molecule has 1 amide bonds. The Bertz CT molecular complexity index is 1330. The molecule has 4 rings (SSSR count). The molecule has 2 unspecified atom stereocenters. The van der Waals surface area contributed by atoms with E-state index >= 15 is 0 Å². The molecule has 15 heteroatoms. The monoisotopic (exact) mass is 584 g/mol. The zero-order chi connectivity index (χ0) is 29.0. The maximum atomic E-state index is 13.7. The molecule has 0 bridgehead atoms. The number of nitrogens with zero attached hydrogens (tertiary/aromatic N) is 2. The van der Waals surface area contributed by atoms with Gasteiger partial charge in [-0.25, -0.2) is 12.8 Å². The number of benzene rings is 2. The van der Waals surface area contributed by atoms with E-state index in [-0.39, 0.29) is 43.6 Å². The van der Waals surface area contributed by atoms with Gasteiger partial charge < -0.3 is 15.1 Å². The number of amides is 1. The summed E-state index contributed by atoms with van der Waals surface area (Å²) in [6, 6.07) is 4.03. The minimum absolute atomic E-state index is 0.0314. The Morgan fingerprint density at radius 3 is 2.13 bits per heavy atom. The number of anilines is 1. The summed E-state index contributed by atoms with van der Waals surface area (Å²) in [5.41, 5.74) is -7.26. The molecule has 0 saturated carbocycles. The van der Waals surface area contributed by atoms with Crippen molar-refractivity contribution in [2.45, 2.75) is 60.7 Å². The van der Waals surface area contributed by atoms with Crippen LogP contribution in [0.5, 0.6) is 0 Å². The van der Waals surface area contributed by atoms with Crippen LogP contribution in [0.4, 0.5) is 36.4 Å². The summed E-state index contributed by atoms with van der Waals surface area (Å²) in [5, 5.41) is 19.5. The Morgan fingerprint density at radius 1 is 0.974 bits per heavy atom. The van der Waals surface area contributed by atoms with Crippen molar-refractivity contribution in [1.82, 2.24) is 4.90 Å². The molecule has 1 saturated heterocycles. The average Bonchev–Trinajstić information content (AvgIpc) is 3.28. The second-order valence-corrected chi connectivity index (χ2v) is 11.3. The van der Waals surface area contributed by atoms with Gasteiger partial charge in [0.1, 0.15) is 5.82 Å². The van der Waals surface area contributed by atoms with Gasteiger partial charge >= 0.3 is 12.4 Å². The van der Waals surface area contributed by atoms with E-state index in [4.69, 9.17) is 0 Å². The summed E-state index contributed by atoms with van der Waals surface area (Å²) in [7, 11) is -4.59. The first-order valence-corrected chi connectivity index (χ1v) is 13.2. The number of aliphatic hydroxyl groups excluding tert-OH is 1. The molecule has 2 heterocycles. The third-order valence-electron chi connectivity index (χ3n) is 6.93. The van der Waals surface area contributed by atoms with Crippen molar-refractivity contribution in [2.24, 2.45) is 0 Å². The quantitative estimate of drug-likeness (QED) is 0.524. The number of fused-ring (bicyclic) bond motifs is 1. The van der Waals surface area contributed by atoms with E-state index < -0.39 is 62.3 Å². The van der Waals surface area contributed by atoms with Crippen LogP contribution in [0, 0.1) is 5.82 Å². The molecular weight excluding hydrogens is 561 g/mol. The van der Waals surface area contributed by atoms with Crippen molar-refractivity contribution in [3.8, 4) is 0 Å². The number of likely N-dealkylation sites (tertiary alicyclic amines) is 1. The van der Waals surface area contributed by atoms with E-state index in [9.17, 15) is 54.2 Å². The van der Waals surface area contributed by atoms with E-state index in [0.717, 1.165) is 34.6 Å². The van der Waals surface area contributed by atoms with Gasteiger partial charge in [0.2, 0.25) is 5.91 Å². The highest BCUT2D eigenvalue weighted by atomic mass is 32.2. The molecule has 0 aromatic heterocycles. The highest BCUT2D eigenvalue weighted by molar-refractivity contribution is 7.92. The molecule has 0 aliphatic carbocycles. The Kier molecular flexibility index (Phi) is 7.40. The average molecular weight is 585 g/mol. The SMILES string of the molecule is O=C(CC1CCc2cc(C(O)(C(F)(F)F)C(F)(F)F)ccc2N1S(=O)(=O)c1ccc(F)cc1)N1CCC(O)C1. The smallest absolute Gasteiger partial charge is 0.391 e. The van der Waals surface area contributed by atoms with E-state index in [1.807, 2.05) is 0 Å². The summed E-state index contributed by atoms with van der Waals surface area (Å²) in [4.78, 5) is 13.8. The van der Waals surface area contributed by atoms with Crippen molar-refractivity contribution < 1.29 is 54.2 Å². The van der Waals surface area contributed by atoms with Gasteiger partial charge in [-0.1, -0.05) is 12.1 Å². The van der Waals surface area contributed by atoms with Crippen LogP contribution in [-0.4, -0.2) is 67.0 Å². The number of aryl methyl sites for hydroxylation is 1. The normalized spacial score (nSPS) is 20.7. The second kappa shape index (κ2) is 9.93. The summed E-state index contributed by atoms with van der Waals surface area (Å²) in [6.45, 7) is 0.258. The number of aliphatic hydroxyl groups is 2. The molecule has 1 fully saturated rings. The lowest BCUT2D eigenvalue weighted by Gasteiger charge is -2.39. The van der Waals surface area contributed by atoms with Gasteiger partial charge in [0, 0.05) is 25.1 Å². The molecule has 2 N–H and O–H groups in total. The predicted octanol–water partition coefficient (Wildman–Crippen LogP) is 3.63. The topological polar surface area (TPSA) is 98.2 Å².